The molecule has 0 saturated heterocycles. The number of hydrogen-bond acceptors (Lipinski definition) is 5. The van der Waals surface area contributed by atoms with Crippen molar-refractivity contribution in [1.82, 2.24) is 20.1 Å². The molecule has 31 heavy (non-hydrogen) atoms. The number of anilines is 1. The average Bonchev–Trinajstić information content (AvgIpc) is 3.10. The Hall–Kier alpha value is -2.84. The Morgan fingerprint density at radius 1 is 1.10 bits per heavy atom. The molecule has 0 unspecified atom stereocenters. The molecule has 0 bridgehead atoms. The zero-order valence-corrected chi connectivity index (χ0v) is 19.3. The summed E-state index contributed by atoms with van der Waals surface area (Å²) in [4.78, 5) is 24.9. The van der Waals surface area contributed by atoms with E-state index in [9.17, 15) is 9.59 Å². The summed E-state index contributed by atoms with van der Waals surface area (Å²) >= 11 is 7.38. The van der Waals surface area contributed by atoms with Crippen molar-refractivity contribution in [2.24, 2.45) is 7.05 Å². The van der Waals surface area contributed by atoms with Gasteiger partial charge in [0.2, 0.25) is 5.91 Å². The molecular formula is C22H24ClN5O2S. The van der Waals surface area contributed by atoms with Gasteiger partial charge in [-0.15, -0.1) is 10.2 Å². The molecule has 0 aliphatic carbocycles. The molecule has 0 radical (unpaired) electrons. The van der Waals surface area contributed by atoms with E-state index in [0.717, 1.165) is 16.8 Å². The summed E-state index contributed by atoms with van der Waals surface area (Å²) in [5.41, 5.74) is 3.27. The maximum atomic E-state index is 12.5. The Morgan fingerprint density at radius 2 is 1.77 bits per heavy atom. The van der Waals surface area contributed by atoms with Crippen LogP contribution in [-0.4, -0.2) is 32.3 Å². The molecule has 2 N–H and O–H groups in total. The topological polar surface area (TPSA) is 88.9 Å². The number of rotatable bonds is 7. The third-order valence-electron chi connectivity index (χ3n) is 4.80. The van der Waals surface area contributed by atoms with Gasteiger partial charge in [0.1, 0.15) is 0 Å². The Morgan fingerprint density at radius 3 is 2.45 bits per heavy atom. The molecule has 1 heterocycles. The second kappa shape index (κ2) is 9.98. The minimum atomic E-state index is -0.390. The molecule has 162 valence electrons. The Labute approximate surface area is 190 Å². The number of hydrogen-bond donors (Lipinski definition) is 2. The average molecular weight is 458 g/mol. The van der Waals surface area contributed by atoms with E-state index in [1.165, 1.54) is 11.8 Å². The van der Waals surface area contributed by atoms with Gasteiger partial charge in [0, 0.05) is 12.7 Å². The lowest BCUT2D eigenvalue weighted by molar-refractivity contribution is -0.113. The second-order valence-electron chi connectivity index (χ2n) is 7.18. The van der Waals surface area contributed by atoms with Crippen LogP contribution in [0.2, 0.25) is 5.02 Å². The first-order valence-corrected chi connectivity index (χ1v) is 11.1. The van der Waals surface area contributed by atoms with Gasteiger partial charge in [0.15, 0.2) is 11.0 Å². The van der Waals surface area contributed by atoms with Gasteiger partial charge in [-0.05, 0) is 44.0 Å². The van der Waals surface area contributed by atoms with E-state index in [4.69, 9.17) is 11.6 Å². The Kier molecular flexibility index (Phi) is 7.35. The summed E-state index contributed by atoms with van der Waals surface area (Å²) in [7, 11) is 1.80. The first-order chi connectivity index (χ1) is 14.8. The summed E-state index contributed by atoms with van der Waals surface area (Å²) < 4.78 is 1.77. The lowest BCUT2D eigenvalue weighted by Crippen LogP contribution is -2.28. The van der Waals surface area contributed by atoms with Gasteiger partial charge in [-0.1, -0.05) is 53.7 Å². The van der Waals surface area contributed by atoms with Crippen LogP contribution in [0.4, 0.5) is 5.69 Å². The highest BCUT2D eigenvalue weighted by Gasteiger charge is 2.20. The number of aromatic nitrogens is 3. The van der Waals surface area contributed by atoms with Crippen molar-refractivity contribution in [2.45, 2.75) is 32.0 Å². The van der Waals surface area contributed by atoms with Gasteiger partial charge >= 0.3 is 0 Å². The number of carbonyl (C=O) groups is 2. The zero-order valence-electron chi connectivity index (χ0n) is 17.8. The number of nitrogens with one attached hydrogen (secondary N) is 2. The smallest absolute Gasteiger partial charge is 0.253 e. The maximum absolute atomic E-state index is 12.5. The number of amides is 2. The third kappa shape index (κ3) is 5.45. The highest BCUT2D eigenvalue weighted by Crippen LogP contribution is 2.23. The van der Waals surface area contributed by atoms with E-state index in [2.05, 4.69) is 20.8 Å². The van der Waals surface area contributed by atoms with Crippen molar-refractivity contribution in [2.75, 3.05) is 11.1 Å². The van der Waals surface area contributed by atoms with Crippen LogP contribution in [0.1, 0.15) is 40.3 Å². The molecule has 1 atom stereocenters. The molecule has 9 heteroatoms. The van der Waals surface area contributed by atoms with Crippen molar-refractivity contribution in [3.05, 3.63) is 70.0 Å². The van der Waals surface area contributed by atoms with Crippen LogP contribution in [0.15, 0.2) is 47.6 Å². The molecule has 3 rings (SSSR count). The predicted octanol–water partition coefficient (Wildman–Crippen LogP) is 4.31. The quantitative estimate of drug-likeness (QED) is 0.516. The molecule has 0 saturated carbocycles. The molecule has 0 fully saturated rings. The van der Waals surface area contributed by atoms with Crippen LogP contribution < -0.4 is 10.6 Å². The van der Waals surface area contributed by atoms with E-state index >= 15 is 0 Å². The summed E-state index contributed by atoms with van der Waals surface area (Å²) in [5.74, 6) is 0.369. The fourth-order valence-electron chi connectivity index (χ4n) is 3.13. The highest BCUT2D eigenvalue weighted by molar-refractivity contribution is 7.99. The molecule has 2 amide bonds. The van der Waals surface area contributed by atoms with Gasteiger partial charge in [-0.3, -0.25) is 9.59 Å². The molecule has 2 aromatic carbocycles. The third-order valence-corrected chi connectivity index (χ3v) is 6.15. The minimum absolute atomic E-state index is 0.118. The summed E-state index contributed by atoms with van der Waals surface area (Å²) in [5, 5.41) is 15.2. The van der Waals surface area contributed by atoms with Gasteiger partial charge in [0.25, 0.3) is 5.91 Å². The van der Waals surface area contributed by atoms with E-state index in [-0.39, 0.29) is 23.6 Å². The van der Waals surface area contributed by atoms with E-state index in [1.54, 1.807) is 35.9 Å². The van der Waals surface area contributed by atoms with Crippen LogP contribution in [0, 0.1) is 13.8 Å². The van der Waals surface area contributed by atoms with Crippen molar-refractivity contribution in [3.63, 3.8) is 0 Å². The van der Waals surface area contributed by atoms with Crippen molar-refractivity contribution >= 4 is 40.9 Å². The van der Waals surface area contributed by atoms with E-state index < -0.39 is 0 Å². The minimum Gasteiger partial charge on any atom is -0.342 e. The molecular weight excluding hydrogens is 434 g/mol. The predicted molar refractivity (Wildman–Crippen MR) is 124 cm³/mol. The number of aryl methyl sites for hydroxylation is 2. The largest absolute Gasteiger partial charge is 0.342 e. The monoisotopic (exact) mass is 457 g/mol. The van der Waals surface area contributed by atoms with Crippen LogP contribution in [0.25, 0.3) is 0 Å². The van der Waals surface area contributed by atoms with Crippen molar-refractivity contribution in [1.29, 1.82) is 0 Å². The number of benzene rings is 2. The maximum Gasteiger partial charge on any atom is 0.253 e. The number of carbonyl (C=O) groups excluding carboxylic acids is 2. The van der Waals surface area contributed by atoms with Gasteiger partial charge in [-0.2, -0.15) is 0 Å². The lowest BCUT2D eigenvalue weighted by Gasteiger charge is -2.14. The highest BCUT2D eigenvalue weighted by atomic mass is 35.5. The molecule has 3 aromatic rings. The molecule has 7 nitrogen and oxygen atoms in total. The van der Waals surface area contributed by atoms with E-state index in [1.807, 2.05) is 39.0 Å². The molecule has 1 aromatic heterocycles. The van der Waals surface area contributed by atoms with Gasteiger partial charge in [0.05, 0.1) is 22.4 Å². The number of halogens is 1. The molecule has 0 spiro atoms. The molecule has 0 aliphatic heterocycles. The molecule has 0 aliphatic rings. The Balaban J connectivity index is 1.61. The number of para-hydroxylation sites is 1. The lowest BCUT2D eigenvalue weighted by atomic mass is 10.1. The Bertz CT molecular complexity index is 1090. The standard InChI is InChI=1S/C22H24ClN5O2S/c1-13-8-7-9-14(2)19(13)25-18(29)12-31-22-27-26-20(28(22)4)15(3)24-21(30)16-10-5-6-11-17(16)23/h5-11,15H,12H2,1-4H3,(H,24,30)(H,25,29)/t15-/m1/s1. The van der Waals surface area contributed by atoms with Crippen molar-refractivity contribution < 1.29 is 9.59 Å². The summed E-state index contributed by atoms with van der Waals surface area (Å²) in [6, 6.07) is 12.4. The summed E-state index contributed by atoms with van der Waals surface area (Å²) in [6.07, 6.45) is 0. The number of nitrogens with zero attached hydrogens (tertiary/aromatic N) is 3. The van der Waals surface area contributed by atoms with Crippen LogP contribution >= 0.6 is 23.4 Å². The first-order valence-electron chi connectivity index (χ1n) is 9.71. The van der Waals surface area contributed by atoms with Crippen molar-refractivity contribution in [3.8, 4) is 0 Å². The zero-order chi connectivity index (χ0) is 22.5. The SMILES string of the molecule is Cc1cccc(C)c1NC(=O)CSc1nnc([C@@H](C)NC(=O)c2ccccc2Cl)n1C. The van der Waals surface area contributed by atoms with Gasteiger partial charge < -0.3 is 15.2 Å². The van der Waals surface area contributed by atoms with Gasteiger partial charge in [-0.25, -0.2) is 0 Å². The first kappa shape index (κ1) is 22.8. The van der Waals surface area contributed by atoms with Crippen LogP contribution in [0.5, 0.6) is 0 Å². The second-order valence-corrected chi connectivity index (χ2v) is 8.53. The normalized spacial score (nSPS) is 11.8. The fourth-order valence-corrected chi connectivity index (χ4v) is 4.07. The van der Waals surface area contributed by atoms with E-state index in [0.29, 0.717) is 21.6 Å². The number of thioether (sulfide) groups is 1. The summed E-state index contributed by atoms with van der Waals surface area (Å²) in [6.45, 7) is 5.74. The van der Waals surface area contributed by atoms with Crippen LogP contribution in [0.3, 0.4) is 0 Å². The fraction of sp³-hybridized carbons (Fsp3) is 0.273. The van der Waals surface area contributed by atoms with Crippen LogP contribution in [-0.2, 0) is 11.8 Å².